The highest BCUT2D eigenvalue weighted by Gasteiger charge is 2.30. The Morgan fingerprint density at radius 2 is 2.18 bits per heavy atom. The highest BCUT2D eigenvalue weighted by molar-refractivity contribution is 7.98. The Morgan fingerprint density at radius 1 is 1.53 bits per heavy atom. The summed E-state index contributed by atoms with van der Waals surface area (Å²) in [6.07, 6.45) is 4.75. The van der Waals surface area contributed by atoms with Gasteiger partial charge in [0.05, 0.1) is 0 Å². The molecule has 0 aromatic carbocycles. The van der Waals surface area contributed by atoms with Gasteiger partial charge in [-0.3, -0.25) is 4.79 Å². The zero-order chi connectivity index (χ0) is 12.8. The molecule has 5 nitrogen and oxygen atoms in total. The van der Waals surface area contributed by atoms with E-state index in [1.807, 2.05) is 6.26 Å². The molecule has 4 N–H and O–H groups in total. The van der Waals surface area contributed by atoms with Gasteiger partial charge in [-0.15, -0.1) is 0 Å². The molecule has 1 aliphatic rings. The van der Waals surface area contributed by atoms with Crippen molar-refractivity contribution in [2.24, 2.45) is 11.7 Å². The number of nitrogens with two attached hydrogens (primary N) is 1. The standard InChI is InChI=1S/C11H20N2O3S/c1-17-5-4-9(11(15)16)13-10(14)6-8(12)7-2-3-7/h7-9H,2-6,12H2,1H3,(H,13,14)(H,15,16). The number of carboxylic acid groups (broad SMARTS) is 1. The van der Waals surface area contributed by atoms with E-state index in [1.165, 1.54) is 0 Å². The van der Waals surface area contributed by atoms with E-state index in [-0.39, 0.29) is 18.4 Å². The van der Waals surface area contributed by atoms with Gasteiger partial charge >= 0.3 is 5.97 Å². The quantitative estimate of drug-likeness (QED) is 0.589. The Balaban J connectivity index is 2.31. The van der Waals surface area contributed by atoms with Crippen molar-refractivity contribution in [2.75, 3.05) is 12.0 Å². The minimum atomic E-state index is -0.979. The number of aliphatic carboxylic acids is 1. The Morgan fingerprint density at radius 3 is 2.65 bits per heavy atom. The SMILES string of the molecule is CSCCC(NC(=O)CC(N)C1CC1)C(=O)O. The van der Waals surface area contributed by atoms with Crippen LogP contribution in [-0.2, 0) is 9.59 Å². The van der Waals surface area contributed by atoms with Gasteiger partial charge in [-0.25, -0.2) is 4.79 Å². The fourth-order valence-corrected chi connectivity index (χ4v) is 2.12. The number of rotatable bonds is 8. The van der Waals surface area contributed by atoms with Gasteiger partial charge in [0.25, 0.3) is 0 Å². The predicted molar refractivity (Wildman–Crippen MR) is 67.9 cm³/mol. The first-order chi connectivity index (χ1) is 8.04. The lowest BCUT2D eigenvalue weighted by Crippen LogP contribution is -2.43. The molecule has 0 heterocycles. The second-order valence-corrected chi connectivity index (χ2v) is 5.43. The lowest BCUT2D eigenvalue weighted by Gasteiger charge is -2.16. The van der Waals surface area contributed by atoms with Gasteiger partial charge in [0, 0.05) is 12.5 Å². The summed E-state index contributed by atoms with van der Waals surface area (Å²) in [5.41, 5.74) is 5.82. The van der Waals surface area contributed by atoms with Gasteiger partial charge in [0.2, 0.25) is 5.91 Å². The van der Waals surface area contributed by atoms with Crippen molar-refractivity contribution in [2.45, 2.75) is 37.8 Å². The van der Waals surface area contributed by atoms with Crippen LogP contribution in [0.4, 0.5) is 0 Å². The van der Waals surface area contributed by atoms with Crippen LogP contribution in [0, 0.1) is 5.92 Å². The molecule has 0 aromatic heterocycles. The number of carbonyl (C=O) groups excluding carboxylic acids is 1. The fourth-order valence-electron chi connectivity index (χ4n) is 1.65. The van der Waals surface area contributed by atoms with E-state index < -0.39 is 12.0 Å². The summed E-state index contributed by atoms with van der Waals surface area (Å²) in [5.74, 6) is -0.0631. The maximum atomic E-state index is 11.6. The number of carboxylic acids is 1. The Hall–Kier alpha value is -0.750. The maximum Gasteiger partial charge on any atom is 0.326 e. The van der Waals surface area contributed by atoms with E-state index in [4.69, 9.17) is 10.8 Å². The summed E-state index contributed by atoms with van der Waals surface area (Å²) < 4.78 is 0. The molecule has 1 fully saturated rings. The number of carbonyl (C=O) groups is 2. The molecule has 0 saturated heterocycles. The van der Waals surface area contributed by atoms with Gasteiger partial charge < -0.3 is 16.2 Å². The molecular weight excluding hydrogens is 240 g/mol. The van der Waals surface area contributed by atoms with E-state index in [0.29, 0.717) is 18.1 Å². The number of amides is 1. The van der Waals surface area contributed by atoms with Crippen LogP contribution in [0.15, 0.2) is 0 Å². The Labute approximate surface area is 106 Å². The molecule has 1 aliphatic carbocycles. The third kappa shape index (κ3) is 5.41. The van der Waals surface area contributed by atoms with Crippen molar-refractivity contribution in [1.29, 1.82) is 0 Å². The average Bonchev–Trinajstić information content (AvgIpc) is 3.07. The summed E-state index contributed by atoms with van der Waals surface area (Å²) in [6.45, 7) is 0. The summed E-state index contributed by atoms with van der Waals surface area (Å²) in [5, 5.41) is 11.5. The van der Waals surface area contributed by atoms with E-state index in [0.717, 1.165) is 12.8 Å². The van der Waals surface area contributed by atoms with E-state index >= 15 is 0 Å². The zero-order valence-corrected chi connectivity index (χ0v) is 10.8. The lowest BCUT2D eigenvalue weighted by molar-refractivity contribution is -0.141. The van der Waals surface area contributed by atoms with Crippen molar-refractivity contribution < 1.29 is 14.7 Å². The fraction of sp³-hybridized carbons (Fsp3) is 0.818. The molecular formula is C11H20N2O3S. The largest absolute Gasteiger partial charge is 0.480 e. The summed E-state index contributed by atoms with van der Waals surface area (Å²) >= 11 is 1.56. The molecule has 2 unspecified atom stereocenters. The highest BCUT2D eigenvalue weighted by atomic mass is 32.2. The topological polar surface area (TPSA) is 92.4 Å². The van der Waals surface area contributed by atoms with Crippen LogP contribution in [0.5, 0.6) is 0 Å². The summed E-state index contributed by atoms with van der Waals surface area (Å²) in [4.78, 5) is 22.5. The van der Waals surface area contributed by atoms with Gasteiger partial charge in [-0.05, 0) is 37.2 Å². The average molecular weight is 260 g/mol. The van der Waals surface area contributed by atoms with Crippen molar-refractivity contribution in [3.63, 3.8) is 0 Å². The highest BCUT2D eigenvalue weighted by Crippen LogP contribution is 2.32. The summed E-state index contributed by atoms with van der Waals surface area (Å²) in [7, 11) is 0. The third-order valence-corrected chi connectivity index (χ3v) is 3.54. The number of nitrogens with one attached hydrogen (secondary N) is 1. The molecule has 1 amide bonds. The number of hydrogen-bond acceptors (Lipinski definition) is 4. The van der Waals surface area contributed by atoms with Crippen LogP contribution in [-0.4, -0.2) is 41.1 Å². The van der Waals surface area contributed by atoms with Gasteiger partial charge in [-0.1, -0.05) is 0 Å². The van der Waals surface area contributed by atoms with Crippen LogP contribution in [0.2, 0.25) is 0 Å². The van der Waals surface area contributed by atoms with E-state index in [9.17, 15) is 9.59 Å². The molecule has 1 rings (SSSR count). The number of hydrogen-bond donors (Lipinski definition) is 3. The molecule has 0 radical (unpaired) electrons. The van der Waals surface area contributed by atoms with Crippen LogP contribution < -0.4 is 11.1 Å². The maximum absolute atomic E-state index is 11.6. The monoisotopic (exact) mass is 260 g/mol. The van der Waals surface area contributed by atoms with Gasteiger partial charge in [-0.2, -0.15) is 11.8 Å². The molecule has 6 heteroatoms. The predicted octanol–water partition coefficient (Wildman–Crippen LogP) is 0.436. The molecule has 0 aromatic rings. The number of thioether (sulfide) groups is 1. The van der Waals surface area contributed by atoms with E-state index in [2.05, 4.69) is 5.32 Å². The van der Waals surface area contributed by atoms with Crippen molar-refractivity contribution in [3.8, 4) is 0 Å². The van der Waals surface area contributed by atoms with Gasteiger partial charge in [0.1, 0.15) is 6.04 Å². The molecule has 17 heavy (non-hydrogen) atoms. The van der Waals surface area contributed by atoms with Crippen LogP contribution in [0.1, 0.15) is 25.7 Å². The first-order valence-electron chi connectivity index (χ1n) is 5.81. The first kappa shape index (κ1) is 14.3. The smallest absolute Gasteiger partial charge is 0.326 e. The Kier molecular flexibility index (Phi) is 5.77. The zero-order valence-electron chi connectivity index (χ0n) is 10.0. The second kappa shape index (κ2) is 6.86. The van der Waals surface area contributed by atoms with Crippen LogP contribution >= 0.6 is 11.8 Å². The lowest BCUT2D eigenvalue weighted by atomic mass is 10.1. The minimum Gasteiger partial charge on any atom is -0.480 e. The molecule has 0 spiro atoms. The van der Waals surface area contributed by atoms with Crippen LogP contribution in [0.25, 0.3) is 0 Å². The summed E-state index contributed by atoms with van der Waals surface area (Å²) in [6, 6.07) is -0.911. The van der Waals surface area contributed by atoms with Crippen molar-refractivity contribution in [3.05, 3.63) is 0 Å². The van der Waals surface area contributed by atoms with Crippen molar-refractivity contribution >= 4 is 23.6 Å². The molecule has 0 bridgehead atoms. The van der Waals surface area contributed by atoms with Crippen molar-refractivity contribution in [1.82, 2.24) is 5.32 Å². The third-order valence-electron chi connectivity index (χ3n) is 2.89. The second-order valence-electron chi connectivity index (χ2n) is 4.45. The molecule has 98 valence electrons. The minimum absolute atomic E-state index is 0.120. The molecule has 0 aliphatic heterocycles. The first-order valence-corrected chi connectivity index (χ1v) is 7.20. The Bertz CT molecular complexity index is 282. The van der Waals surface area contributed by atoms with Crippen LogP contribution in [0.3, 0.4) is 0 Å². The van der Waals surface area contributed by atoms with Gasteiger partial charge in [0.15, 0.2) is 0 Å². The normalized spacial score (nSPS) is 18.5. The molecule has 1 saturated carbocycles. The molecule has 2 atom stereocenters. The van der Waals surface area contributed by atoms with E-state index in [1.54, 1.807) is 11.8 Å².